The summed E-state index contributed by atoms with van der Waals surface area (Å²) in [4.78, 5) is 14.1. The van der Waals surface area contributed by atoms with Crippen molar-refractivity contribution in [3.05, 3.63) is 41.5 Å². The van der Waals surface area contributed by atoms with Crippen LogP contribution in [0.3, 0.4) is 0 Å². The molecule has 1 aromatic carbocycles. The SMILES string of the molecule is CC1CCCN(C(=O)/C=C/c2ccc(C(C)C)cc2)C1. The molecule has 1 unspecified atom stereocenters. The molecule has 2 heteroatoms. The summed E-state index contributed by atoms with van der Waals surface area (Å²) in [5.41, 5.74) is 2.42. The summed E-state index contributed by atoms with van der Waals surface area (Å²) in [5, 5.41) is 0. The molecule has 1 amide bonds. The second-order valence-electron chi connectivity index (χ2n) is 6.19. The van der Waals surface area contributed by atoms with Gasteiger partial charge in [0.15, 0.2) is 0 Å². The van der Waals surface area contributed by atoms with Gasteiger partial charge in [-0.2, -0.15) is 0 Å². The number of amides is 1. The Balaban J connectivity index is 1.96. The number of rotatable bonds is 3. The Bertz CT molecular complexity index is 473. The Kier molecular flexibility index (Phi) is 4.99. The van der Waals surface area contributed by atoms with E-state index in [1.165, 1.54) is 12.0 Å². The lowest BCUT2D eigenvalue weighted by Crippen LogP contribution is -2.38. The minimum absolute atomic E-state index is 0.143. The van der Waals surface area contributed by atoms with Crippen LogP contribution >= 0.6 is 0 Å². The summed E-state index contributed by atoms with van der Waals surface area (Å²) >= 11 is 0. The molecule has 0 spiro atoms. The number of likely N-dealkylation sites (tertiary alicyclic amines) is 1. The van der Waals surface area contributed by atoms with Crippen LogP contribution in [0.4, 0.5) is 0 Å². The first-order valence-corrected chi connectivity index (χ1v) is 7.63. The Labute approximate surface area is 122 Å². The first-order valence-electron chi connectivity index (χ1n) is 7.63. The molecule has 2 nitrogen and oxygen atoms in total. The second-order valence-corrected chi connectivity index (χ2v) is 6.19. The van der Waals surface area contributed by atoms with Gasteiger partial charge in [0, 0.05) is 19.2 Å². The smallest absolute Gasteiger partial charge is 0.246 e. The van der Waals surface area contributed by atoms with Crippen LogP contribution in [0.2, 0.25) is 0 Å². The van der Waals surface area contributed by atoms with Gasteiger partial charge >= 0.3 is 0 Å². The molecule has 1 fully saturated rings. The van der Waals surface area contributed by atoms with Gasteiger partial charge in [0.25, 0.3) is 0 Å². The van der Waals surface area contributed by atoms with E-state index in [-0.39, 0.29) is 5.91 Å². The highest BCUT2D eigenvalue weighted by atomic mass is 16.2. The van der Waals surface area contributed by atoms with Gasteiger partial charge in [-0.25, -0.2) is 0 Å². The van der Waals surface area contributed by atoms with Crippen molar-refractivity contribution in [3.8, 4) is 0 Å². The highest BCUT2D eigenvalue weighted by Gasteiger charge is 2.18. The number of hydrogen-bond acceptors (Lipinski definition) is 1. The molecule has 0 radical (unpaired) electrons. The van der Waals surface area contributed by atoms with E-state index >= 15 is 0 Å². The van der Waals surface area contributed by atoms with Crippen LogP contribution in [0.5, 0.6) is 0 Å². The van der Waals surface area contributed by atoms with Gasteiger partial charge in [0.05, 0.1) is 0 Å². The maximum absolute atomic E-state index is 12.1. The molecule has 108 valence electrons. The van der Waals surface area contributed by atoms with Crippen LogP contribution in [-0.2, 0) is 4.79 Å². The summed E-state index contributed by atoms with van der Waals surface area (Å²) in [6.07, 6.45) is 6.00. The molecule has 1 saturated heterocycles. The van der Waals surface area contributed by atoms with E-state index in [2.05, 4.69) is 45.0 Å². The molecular formula is C18H25NO. The van der Waals surface area contributed by atoms with Gasteiger partial charge in [0.2, 0.25) is 5.91 Å². The van der Waals surface area contributed by atoms with Crippen molar-refractivity contribution in [2.75, 3.05) is 13.1 Å². The van der Waals surface area contributed by atoms with Gasteiger partial charge in [-0.15, -0.1) is 0 Å². The summed E-state index contributed by atoms with van der Waals surface area (Å²) < 4.78 is 0. The van der Waals surface area contributed by atoms with Gasteiger partial charge in [-0.05, 0) is 41.9 Å². The van der Waals surface area contributed by atoms with E-state index in [1.807, 2.05) is 11.0 Å². The van der Waals surface area contributed by atoms with E-state index in [9.17, 15) is 4.79 Å². The van der Waals surface area contributed by atoms with Crippen molar-refractivity contribution in [1.29, 1.82) is 0 Å². The monoisotopic (exact) mass is 271 g/mol. The zero-order valence-electron chi connectivity index (χ0n) is 12.8. The van der Waals surface area contributed by atoms with E-state index in [0.717, 1.165) is 25.1 Å². The van der Waals surface area contributed by atoms with Gasteiger partial charge in [-0.1, -0.05) is 45.0 Å². The highest BCUT2D eigenvalue weighted by molar-refractivity contribution is 5.91. The van der Waals surface area contributed by atoms with E-state index in [0.29, 0.717) is 11.8 Å². The molecule has 20 heavy (non-hydrogen) atoms. The number of benzene rings is 1. The highest BCUT2D eigenvalue weighted by Crippen LogP contribution is 2.17. The number of carbonyl (C=O) groups excluding carboxylic acids is 1. The lowest BCUT2D eigenvalue weighted by molar-refractivity contribution is -0.127. The first kappa shape index (κ1) is 14.8. The van der Waals surface area contributed by atoms with Crippen LogP contribution in [0.15, 0.2) is 30.3 Å². The Morgan fingerprint density at radius 3 is 2.60 bits per heavy atom. The van der Waals surface area contributed by atoms with Crippen LogP contribution in [0.1, 0.15) is 50.7 Å². The van der Waals surface area contributed by atoms with Crippen molar-refractivity contribution in [1.82, 2.24) is 4.90 Å². The quantitative estimate of drug-likeness (QED) is 0.758. The normalized spacial score (nSPS) is 19.8. The third-order valence-corrected chi connectivity index (χ3v) is 3.99. The molecule has 1 aliphatic rings. The van der Waals surface area contributed by atoms with E-state index < -0.39 is 0 Å². The third kappa shape index (κ3) is 3.96. The molecule has 2 rings (SSSR count). The zero-order chi connectivity index (χ0) is 14.5. The van der Waals surface area contributed by atoms with Crippen molar-refractivity contribution in [2.45, 2.75) is 39.5 Å². The molecule has 1 heterocycles. The van der Waals surface area contributed by atoms with Crippen LogP contribution in [0, 0.1) is 5.92 Å². The number of hydrogen-bond donors (Lipinski definition) is 0. The average molecular weight is 271 g/mol. The minimum atomic E-state index is 0.143. The minimum Gasteiger partial charge on any atom is -0.339 e. The zero-order valence-corrected chi connectivity index (χ0v) is 12.8. The molecule has 0 saturated carbocycles. The molecule has 0 bridgehead atoms. The summed E-state index contributed by atoms with van der Waals surface area (Å²) in [5.74, 6) is 1.32. The van der Waals surface area contributed by atoms with Gasteiger partial charge < -0.3 is 4.90 Å². The van der Waals surface area contributed by atoms with Crippen LogP contribution in [-0.4, -0.2) is 23.9 Å². The number of nitrogens with zero attached hydrogens (tertiary/aromatic N) is 1. The maximum Gasteiger partial charge on any atom is 0.246 e. The molecule has 1 aromatic rings. The summed E-state index contributed by atoms with van der Waals surface area (Å²) in [6.45, 7) is 8.39. The summed E-state index contributed by atoms with van der Waals surface area (Å²) in [6, 6.07) is 8.44. The number of piperidine rings is 1. The van der Waals surface area contributed by atoms with Crippen molar-refractivity contribution < 1.29 is 4.79 Å². The second kappa shape index (κ2) is 6.74. The van der Waals surface area contributed by atoms with Crippen molar-refractivity contribution in [2.24, 2.45) is 5.92 Å². The van der Waals surface area contributed by atoms with Crippen LogP contribution < -0.4 is 0 Å². The largest absolute Gasteiger partial charge is 0.339 e. The fourth-order valence-electron chi connectivity index (χ4n) is 2.65. The summed E-state index contributed by atoms with van der Waals surface area (Å²) in [7, 11) is 0. The van der Waals surface area contributed by atoms with Crippen LogP contribution in [0.25, 0.3) is 6.08 Å². The molecule has 1 atom stereocenters. The Morgan fingerprint density at radius 2 is 2.00 bits per heavy atom. The predicted molar refractivity (Wildman–Crippen MR) is 84.5 cm³/mol. The van der Waals surface area contributed by atoms with E-state index in [4.69, 9.17) is 0 Å². The Morgan fingerprint density at radius 1 is 1.30 bits per heavy atom. The maximum atomic E-state index is 12.1. The topological polar surface area (TPSA) is 20.3 Å². The number of carbonyl (C=O) groups is 1. The standard InChI is InChI=1S/C18H25NO/c1-14(2)17-9-6-16(7-10-17)8-11-18(20)19-12-4-5-15(3)13-19/h6-11,14-15H,4-5,12-13H2,1-3H3/b11-8+. The fourth-order valence-corrected chi connectivity index (χ4v) is 2.65. The molecule has 0 aliphatic carbocycles. The average Bonchev–Trinajstić information content (AvgIpc) is 2.45. The molecule has 0 N–H and O–H groups in total. The molecule has 1 aliphatic heterocycles. The van der Waals surface area contributed by atoms with Gasteiger partial charge in [-0.3, -0.25) is 4.79 Å². The Hall–Kier alpha value is -1.57. The third-order valence-electron chi connectivity index (χ3n) is 3.99. The van der Waals surface area contributed by atoms with Crippen molar-refractivity contribution >= 4 is 12.0 Å². The van der Waals surface area contributed by atoms with Crippen molar-refractivity contribution in [3.63, 3.8) is 0 Å². The molecular weight excluding hydrogens is 246 g/mol. The first-order chi connectivity index (χ1) is 9.56. The van der Waals surface area contributed by atoms with E-state index in [1.54, 1.807) is 6.08 Å². The fraction of sp³-hybridized carbons (Fsp3) is 0.500. The lowest BCUT2D eigenvalue weighted by atomic mass is 10.00. The predicted octanol–water partition coefficient (Wildman–Crippen LogP) is 4.08. The van der Waals surface area contributed by atoms with Gasteiger partial charge in [0.1, 0.15) is 0 Å². The lowest BCUT2D eigenvalue weighted by Gasteiger charge is -2.30. The molecule has 0 aromatic heterocycles.